The third-order valence-corrected chi connectivity index (χ3v) is 5.20. The average Bonchev–Trinajstić information content (AvgIpc) is 3.25. The fourth-order valence-corrected chi connectivity index (χ4v) is 3.63. The van der Waals surface area contributed by atoms with Gasteiger partial charge in [-0.25, -0.2) is 9.78 Å². The number of pyridine rings is 2. The number of aliphatic carboxylic acids is 1. The van der Waals surface area contributed by atoms with Gasteiger partial charge in [0.1, 0.15) is 11.9 Å². The topological polar surface area (TPSA) is 139 Å². The fraction of sp³-hybridized carbons (Fsp3) is 0.409. The Morgan fingerprint density at radius 2 is 1.76 bits per heavy atom. The molecule has 0 aromatic carbocycles. The van der Waals surface area contributed by atoms with Crippen LogP contribution in [-0.2, 0) is 15.8 Å². The van der Waals surface area contributed by atoms with E-state index in [1.54, 1.807) is 0 Å². The van der Waals surface area contributed by atoms with Crippen LogP contribution in [0.25, 0.3) is 0 Å². The number of halogens is 3. The minimum Gasteiger partial charge on any atom is -0.481 e. The van der Waals surface area contributed by atoms with E-state index in [1.165, 1.54) is 12.1 Å². The first kappa shape index (κ1) is 26.6. The molecule has 2 aromatic heterocycles. The van der Waals surface area contributed by atoms with Gasteiger partial charge in [-0.1, -0.05) is 25.7 Å². The molecule has 1 fully saturated rings. The molecule has 184 valence electrons. The zero-order valence-electron chi connectivity index (χ0n) is 18.2. The molecule has 9 nitrogen and oxygen atoms in total. The first-order valence-corrected chi connectivity index (χ1v) is 10.4. The van der Waals surface area contributed by atoms with E-state index in [0.29, 0.717) is 12.3 Å². The number of anilines is 1. The van der Waals surface area contributed by atoms with Gasteiger partial charge in [0.15, 0.2) is 0 Å². The Kier molecular flexibility index (Phi) is 8.93. The summed E-state index contributed by atoms with van der Waals surface area (Å²) in [6.45, 7) is 1.08. The van der Waals surface area contributed by atoms with Crippen molar-refractivity contribution in [3.8, 4) is 0 Å². The minimum atomic E-state index is -4.65. The van der Waals surface area contributed by atoms with Crippen molar-refractivity contribution in [1.29, 1.82) is 0 Å². The van der Waals surface area contributed by atoms with Gasteiger partial charge < -0.3 is 20.1 Å². The van der Waals surface area contributed by atoms with Gasteiger partial charge in [-0.15, -0.1) is 0 Å². The molecule has 3 rings (SSSR count). The van der Waals surface area contributed by atoms with Crippen LogP contribution >= 0.6 is 0 Å². The van der Waals surface area contributed by atoms with Gasteiger partial charge in [0, 0.05) is 25.4 Å². The summed E-state index contributed by atoms with van der Waals surface area (Å²) >= 11 is 0. The molecule has 1 aliphatic rings. The zero-order chi connectivity index (χ0) is 25.5. The van der Waals surface area contributed by atoms with Crippen molar-refractivity contribution in [1.82, 2.24) is 9.55 Å². The molecule has 0 saturated heterocycles. The Labute approximate surface area is 192 Å². The number of carboxylic acids is 2. The molecule has 3 N–H and O–H groups in total. The number of aromatic nitrogens is 2. The number of carbonyl (C=O) groups is 3. The predicted molar refractivity (Wildman–Crippen MR) is 114 cm³/mol. The molecule has 34 heavy (non-hydrogen) atoms. The molecular formula is C22H24F3N3O6. The number of rotatable bonds is 6. The van der Waals surface area contributed by atoms with Gasteiger partial charge in [0.05, 0.1) is 11.1 Å². The number of nitrogens with one attached hydrogen (secondary N) is 1. The van der Waals surface area contributed by atoms with Gasteiger partial charge in [-0.3, -0.25) is 14.4 Å². The van der Waals surface area contributed by atoms with Gasteiger partial charge in [-0.05, 0) is 30.5 Å². The lowest BCUT2D eigenvalue weighted by atomic mass is 9.97. The van der Waals surface area contributed by atoms with Crippen molar-refractivity contribution >= 4 is 23.7 Å². The van der Waals surface area contributed by atoms with Crippen LogP contribution in [0.3, 0.4) is 0 Å². The van der Waals surface area contributed by atoms with E-state index in [4.69, 9.17) is 15.0 Å². The average molecular weight is 483 g/mol. The molecule has 2 aromatic rings. The van der Waals surface area contributed by atoms with E-state index in [1.807, 2.05) is 0 Å². The number of alkyl halides is 3. The monoisotopic (exact) mass is 483 g/mol. The number of amides is 1. The number of hydrogen-bond donors (Lipinski definition) is 3. The number of carboxylic acid groups (broad SMARTS) is 2. The van der Waals surface area contributed by atoms with E-state index in [2.05, 4.69) is 10.3 Å². The smallest absolute Gasteiger partial charge is 0.417 e. The van der Waals surface area contributed by atoms with Gasteiger partial charge in [-0.2, -0.15) is 13.2 Å². The highest BCUT2D eigenvalue weighted by molar-refractivity contribution is 5.93. The lowest BCUT2D eigenvalue weighted by Crippen LogP contribution is -2.35. The van der Waals surface area contributed by atoms with E-state index in [-0.39, 0.29) is 23.7 Å². The molecule has 12 heteroatoms. The highest BCUT2D eigenvalue weighted by atomic mass is 19.4. The largest absolute Gasteiger partial charge is 0.481 e. The van der Waals surface area contributed by atoms with Crippen LogP contribution < -0.4 is 10.9 Å². The Bertz CT molecular complexity index is 1070. The summed E-state index contributed by atoms with van der Waals surface area (Å²) in [6.07, 6.45) is 0.899. The standard InChI is InChI=1S/C20H20F3N3O4.C2H4O2/c21-20(22,23)14-6-8-17(27)26(11-14)15(9-12-3-1-2-4-12)18(28)25-16-7-5-13(10-24-16)19(29)30;1-2(3)4/h5-8,10-12,15H,1-4,9H2,(H,29,30)(H,24,25,28);1H3,(H,3,4)/t15-;/m0./s1. The van der Waals surface area contributed by atoms with Crippen LogP contribution in [0.1, 0.15) is 61.0 Å². The summed E-state index contributed by atoms with van der Waals surface area (Å²) in [7, 11) is 0. The van der Waals surface area contributed by atoms with E-state index in [9.17, 15) is 27.6 Å². The molecule has 1 amide bonds. The molecule has 0 unspecified atom stereocenters. The van der Waals surface area contributed by atoms with Gasteiger partial charge >= 0.3 is 12.1 Å². The van der Waals surface area contributed by atoms with Crippen molar-refractivity contribution in [2.75, 3.05) is 5.32 Å². The molecule has 2 heterocycles. The molecule has 1 saturated carbocycles. The SMILES string of the molecule is CC(=O)O.O=C(O)c1ccc(NC(=O)[C@H](CC2CCCC2)n2cc(C(F)(F)F)ccc2=O)nc1. The quantitative estimate of drug-likeness (QED) is 0.568. The van der Waals surface area contributed by atoms with Crippen LogP contribution in [0.2, 0.25) is 0 Å². The highest BCUT2D eigenvalue weighted by Gasteiger charge is 2.33. The third kappa shape index (κ3) is 7.71. The summed E-state index contributed by atoms with van der Waals surface area (Å²) in [5.41, 5.74) is -1.81. The van der Waals surface area contributed by atoms with Gasteiger partial charge in [0.2, 0.25) is 5.91 Å². The second kappa shape index (κ2) is 11.4. The van der Waals surface area contributed by atoms with Crippen LogP contribution in [-0.4, -0.2) is 37.6 Å². The maximum atomic E-state index is 13.1. The first-order chi connectivity index (χ1) is 15.9. The lowest BCUT2D eigenvalue weighted by molar-refractivity contribution is -0.138. The van der Waals surface area contributed by atoms with Crippen molar-refractivity contribution in [3.05, 3.63) is 58.1 Å². The molecule has 0 bridgehead atoms. The molecule has 1 atom stereocenters. The summed E-state index contributed by atoms with van der Waals surface area (Å²) in [5.74, 6) is -2.54. The maximum Gasteiger partial charge on any atom is 0.417 e. The lowest BCUT2D eigenvalue weighted by Gasteiger charge is -2.23. The molecule has 0 aliphatic heterocycles. The summed E-state index contributed by atoms with van der Waals surface area (Å²) in [4.78, 5) is 49.0. The summed E-state index contributed by atoms with van der Waals surface area (Å²) in [5, 5.41) is 18.8. The number of aromatic carboxylic acids is 1. The van der Waals surface area contributed by atoms with Crippen LogP contribution in [0.4, 0.5) is 19.0 Å². The predicted octanol–water partition coefficient (Wildman–Crippen LogP) is 3.81. The first-order valence-electron chi connectivity index (χ1n) is 10.4. The van der Waals surface area contributed by atoms with Crippen molar-refractivity contribution in [3.63, 3.8) is 0 Å². The second-order valence-electron chi connectivity index (χ2n) is 7.81. The number of carbonyl (C=O) groups excluding carboxylic acids is 1. The van der Waals surface area contributed by atoms with Crippen molar-refractivity contribution < 1.29 is 37.8 Å². The van der Waals surface area contributed by atoms with Crippen molar-refractivity contribution in [2.45, 2.75) is 51.2 Å². The highest BCUT2D eigenvalue weighted by Crippen LogP contribution is 2.33. The van der Waals surface area contributed by atoms with Crippen LogP contribution in [0, 0.1) is 5.92 Å². The Balaban J connectivity index is 0.000000945. The fourth-order valence-electron chi connectivity index (χ4n) is 3.63. The molecular weight excluding hydrogens is 459 g/mol. The Morgan fingerprint density at radius 3 is 2.26 bits per heavy atom. The summed E-state index contributed by atoms with van der Waals surface area (Å²) in [6, 6.07) is 2.87. The third-order valence-electron chi connectivity index (χ3n) is 5.20. The molecule has 1 aliphatic carbocycles. The van der Waals surface area contributed by atoms with Crippen molar-refractivity contribution in [2.24, 2.45) is 5.92 Å². The Hall–Kier alpha value is -3.70. The normalized spacial score (nSPS) is 14.6. The Morgan fingerprint density at radius 1 is 1.15 bits per heavy atom. The maximum absolute atomic E-state index is 13.1. The number of hydrogen-bond acceptors (Lipinski definition) is 5. The zero-order valence-corrected chi connectivity index (χ0v) is 18.2. The second-order valence-corrected chi connectivity index (χ2v) is 7.81. The van der Waals surface area contributed by atoms with E-state index in [0.717, 1.165) is 49.4 Å². The number of nitrogens with zero attached hydrogens (tertiary/aromatic N) is 2. The molecule has 0 spiro atoms. The summed E-state index contributed by atoms with van der Waals surface area (Å²) < 4.78 is 40.3. The van der Waals surface area contributed by atoms with Crippen LogP contribution in [0.5, 0.6) is 0 Å². The van der Waals surface area contributed by atoms with E-state index < -0.39 is 41.2 Å². The minimum absolute atomic E-state index is 0.0430. The molecule has 0 radical (unpaired) electrons. The van der Waals surface area contributed by atoms with E-state index >= 15 is 0 Å². The van der Waals surface area contributed by atoms with Crippen LogP contribution in [0.15, 0.2) is 41.5 Å². The van der Waals surface area contributed by atoms with Gasteiger partial charge in [0.25, 0.3) is 11.5 Å².